The number of anilines is 2. The van der Waals surface area contributed by atoms with Crippen molar-refractivity contribution in [2.24, 2.45) is 0 Å². The highest BCUT2D eigenvalue weighted by Gasteiger charge is 2.18. The van der Waals surface area contributed by atoms with Crippen molar-refractivity contribution in [3.8, 4) is 5.82 Å². The van der Waals surface area contributed by atoms with Crippen LogP contribution in [0.15, 0.2) is 67.1 Å². The molecule has 0 aliphatic heterocycles. The van der Waals surface area contributed by atoms with Gasteiger partial charge in [0.25, 0.3) is 0 Å². The fraction of sp³-hybridized carbons (Fsp3) is 0.167. The molecule has 0 saturated heterocycles. The summed E-state index contributed by atoms with van der Waals surface area (Å²) in [5, 5.41) is 27.3. The van der Waals surface area contributed by atoms with Gasteiger partial charge in [-0.25, -0.2) is 9.37 Å². The van der Waals surface area contributed by atoms with Crippen LogP contribution < -0.4 is 10.6 Å². The van der Waals surface area contributed by atoms with Crippen LogP contribution >= 0.6 is 23.2 Å². The summed E-state index contributed by atoms with van der Waals surface area (Å²) < 4.78 is 15.1. The summed E-state index contributed by atoms with van der Waals surface area (Å²) >= 11 is 12.1. The maximum atomic E-state index is 13.3. The fourth-order valence-electron chi connectivity index (χ4n) is 3.44. The van der Waals surface area contributed by atoms with Gasteiger partial charge in [-0.2, -0.15) is 4.98 Å². The third kappa shape index (κ3) is 5.55. The molecular weight excluding hydrogens is 480 g/mol. The Bertz CT molecular complexity index is 1300. The molecule has 0 aliphatic carbocycles. The summed E-state index contributed by atoms with van der Waals surface area (Å²) in [7, 11) is 0. The van der Waals surface area contributed by atoms with Crippen LogP contribution in [0.1, 0.15) is 29.0 Å². The molecule has 4 N–H and O–H groups in total. The topological polar surface area (TPSA) is 95.2 Å². The predicted molar refractivity (Wildman–Crippen MR) is 130 cm³/mol. The molecule has 0 aliphatic rings. The Kier molecular flexibility index (Phi) is 7.45. The Morgan fingerprint density at radius 3 is 2.68 bits per heavy atom. The first kappa shape index (κ1) is 24.1. The van der Waals surface area contributed by atoms with E-state index >= 15 is 0 Å². The number of aryl methyl sites for hydroxylation is 1. The van der Waals surface area contributed by atoms with Gasteiger partial charge in [-0.1, -0.05) is 35.3 Å². The van der Waals surface area contributed by atoms with E-state index in [9.17, 15) is 14.6 Å². The standard InChI is InChI=1S/C24H22Cl2FN5O2/c1-14-11-28-24(30-20-6-5-18(27)10-19(20)26)31-22(14)32-8-7-16(12-32)23(34)29-21(13-33)15-3-2-4-17(25)9-15/h2-12,21,23,29,33-34H,13H2,1H3,(H,28,30,31). The average molecular weight is 502 g/mol. The van der Waals surface area contributed by atoms with Crippen molar-refractivity contribution in [1.82, 2.24) is 19.9 Å². The van der Waals surface area contributed by atoms with E-state index in [1.807, 2.05) is 13.0 Å². The van der Waals surface area contributed by atoms with Crippen LogP contribution in [0, 0.1) is 12.7 Å². The second-order valence-electron chi connectivity index (χ2n) is 7.66. The van der Waals surface area contributed by atoms with E-state index in [1.165, 1.54) is 18.2 Å². The molecule has 2 unspecified atom stereocenters. The zero-order chi connectivity index (χ0) is 24.2. The maximum Gasteiger partial charge on any atom is 0.229 e. The molecular formula is C24H22Cl2FN5O2. The van der Waals surface area contributed by atoms with E-state index in [-0.39, 0.29) is 17.6 Å². The van der Waals surface area contributed by atoms with Crippen LogP contribution in [0.5, 0.6) is 0 Å². The largest absolute Gasteiger partial charge is 0.394 e. The number of aliphatic hydroxyl groups excluding tert-OH is 2. The number of nitrogens with one attached hydrogen (secondary N) is 2. The number of hydrogen-bond acceptors (Lipinski definition) is 6. The van der Waals surface area contributed by atoms with Gasteiger partial charge in [0.2, 0.25) is 5.95 Å². The third-order valence-corrected chi connectivity index (χ3v) is 5.74. The molecule has 2 aromatic carbocycles. The van der Waals surface area contributed by atoms with Crippen molar-refractivity contribution in [3.05, 3.63) is 99.7 Å². The highest BCUT2D eigenvalue weighted by molar-refractivity contribution is 6.33. The summed E-state index contributed by atoms with van der Waals surface area (Å²) in [5.41, 5.74) is 2.61. The molecule has 0 saturated carbocycles. The molecule has 0 bridgehead atoms. The lowest BCUT2D eigenvalue weighted by molar-refractivity contribution is 0.104. The highest BCUT2D eigenvalue weighted by atomic mass is 35.5. The van der Waals surface area contributed by atoms with Gasteiger partial charge in [-0.3, -0.25) is 5.32 Å². The zero-order valence-corrected chi connectivity index (χ0v) is 19.6. The smallest absolute Gasteiger partial charge is 0.229 e. The van der Waals surface area contributed by atoms with E-state index in [2.05, 4.69) is 20.6 Å². The molecule has 7 nitrogen and oxygen atoms in total. The van der Waals surface area contributed by atoms with Crippen molar-refractivity contribution in [2.75, 3.05) is 11.9 Å². The minimum Gasteiger partial charge on any atom is -0.394 e. The molecule has 0 radical (unpaired) electrons. The highest BCUT2D eigenvalue weighted by Crippen LogP contribution is 2.26. The molecule has 0 fully saturated rings. The molecule has 10 heteroatoms. The Balaban J connectivity index is 1.53. The van der Waals surface area contributed by atoms with Crippen LogP contribution in [0.3, 0.4) is 0 Å². The molecule has 176 valence electrons. The Morgan fingerprint density at radius 1 is 1.12 bits per heavy atom. The molecule has 2 atom stereocenters. The van der Waals surface area contributed by atoms with Crippen molar-refractivity contribution in [1.29, 1.82) is 0 Å². The molecule has 34 heavy (non-hydrogen) atoms. The van der Waals surface area contributed by atoms with E-state index in [4.69, 9.17) is 23.2 Å². The van der Waals surface area contributed by atoms with Gasteiger partial charge in [-0.15, -0.1) is 0 Å². The van der Waals surface area contributed by atoms with E-state index in [1.54, 1.807) is 47.4 Å². The van der Waals surface area contributed by atoms with E-state index < -0.39 is 18.1 Å². The number of aromatic nitrogens is 3. The first-order valence-corrected chi connectivity index (χ1v) is 11.1. The minimum absolute atomic E-state index is 0.210. The van der Waals surface area contributed by atoms with E-state index in [0.29, 0.717) is 22.1 Å². The Labute approximate surface area is 205 Å². The molecule has 2 heterocycles. The molecule has 4 rings (SSSR count). The van der Waals surface area contributed by atoms with Gasteiger partial charge in [0, 0.05) is 34.7 Å². The van der Waals surface area contributed by atoms with Gasteiger partial charge >= 0.3 is 0 Å². The number of rotatable bonds is 8. The number of hydrogen-bond donors (Lipinski definition) is 4. The van der Waals surface area contributed by atoms with Crippen LogP contribution in [0.2, 0.25) is 10.0 Å². The monoisotopic (exact) mass is 501 g/mol. The van der Waals surface area contributed by atoms with Crippen molar-refractivity contribution >= 4 is 34.8 Å². The second-order valence-corrected chi connectivity index (χ2v) is 8.50. The quantitative estimate of drug-likeness (QED) is 0.251. The number of halogens is 3. The van der Waals surface area contributed by atoms with Gasteiger partial charge < -0.3 is 20.1 Å². The maximum absolute atomic E-state index is 13.3. The van der Waals surface area contributed by atoms with Gasteiger partial charge in [0.15, 0.2) is 0 Å². The van der Waals surface area contributed by atoms with Gasteiger partial charge in [0.05, 0.1) is 23.4 Å². The second kappa shape index (κ2) is 10.5. The van der Waals surface area contributed by atoms with Crippen LogP contribution in [0.25, 0.3) is 5.82 Å². The predicted octanol–water partition coefficient (Wildman–Crippen LogP) is 5.08. The van der Waals surface area contributed by atoms with Crippen molar-refractivity contribution in [2.45, 2.75) is 19.2 Å². The molecule has 4 aromatic rings. The lowest BCUT2D eigenvalue weighted by atomic mass is 10.1. The lowest BCUT2D eigenvalue weighted by Crippen LogP contribution is -2.28. The summed E-state index contributed by atoms with van der Waals surface area (Å²) in [6.07, 6.45) is 4.10. The molecule has 2 aromatic heterocycles. The average Bonchev–Trinajstić information content (AvgIpc) is 3.30. The fourth-order valence-corrected chi connectivity index (χ4v) is 3.85. The lowest BCUT2D eigenvalue weighted by Gasteiger charge is -2.21. The Morgan fingerprint density at radius 2 is 1.94 bits per heavy atom. The van der Waals surface area contributed by atoms with Gasteiger partial charge in [-0.05, 0) is 48.9 Å². The summed E-state index contributed by atoms with van der Waals surface area (Å²) in [4.78, 5) is 8.81. The first-order chi connectivity index (χ1) is 16.3. The number of nitrogens with zero attached hydrogens (tertiary/aromatic N) is 3. The van der Waals surface area contributed by atoms with Crippen LogP contribution in [-0.4, -0.2) is 31.4 Å². The number of aliphatic hydroxyl groups is 2. The first-order valence-electron chi connectivity index (χ1n) is 10.4. The van der Waals surface area contributed by atoms with Crippen LogP contribution in [-0.2, 0) is 0 Å². The molecule has 0 spiro atoms. The zero-order valence-electron chi connectivity index (χ0n) is 18.1. The number of benzene rings is 2. The van der Waals surface area contributed by atoms with Crippen LogP contribution in [0.4, 0.5) is 16.0 Å². The van der Waals surface area contributed by atoms with Gasteiger partial charge in [0.1, 0.15) is 17.9 Å². The van der Waals surface area contributed by atoms with Crippen molar-refractivity contribution in [3.63, 3.8) is 0 Å². The van der Waals surface area contributed by atoms with Crippen molar-refractivity contribution < 1.29 is 14.6 Å². The minimum atomic E-state index is -1.05. The SMILES string of the molecule is Cc1cnc(Nc2ccc(F)cc2Cl)nc1-n1ccc(C(O)NC(CO)c2cccc(Cl)c2)c1. The Hall–Kier alpha value is -3.01. The normalized spacial score (nSPS) is 13.0. The molecule has 0 amide bonds. The third-order valence-electron chi connectivity index (χ3n) is 5.19. The van der Waals surface area contributed by atoms with E-state index in [0.717, 1.165) is 11.1 Å². The summed E-state index contributed by atoms with van der Waals surface area (Å²) in [5.74, 6) is 0.430. The summed E-state index contributed by atoms with van der Waals surface area (Å²) in [6, 6.07) is 12.3. The summed E-state index contributed by atoms with van der Waals surface area (Å²) in [6.45, 7) is 1.64.